The predicted molar refractivity (Wildman–Crippen MR) is 62.1 cm³/mol. The largest absolute Gasteiger partial charge is 0.367 e. The Hall–Kier alpha value is -0.0900. The van der Waals surface area contributed by atoms with Crippen LogP contribution in [0.2, 0.25) is 0 Å². The minimum atomic E-state index is 0.188. The van der Waals surface area contributed by atoms with Gasteiger partial charge in [-0.2, -0.15) is 0 Å². The third-order valence-electron chi connectivity index (χ3n) is 3.36. The molecule has 1 atom stereocenters. The molecule has 2 rings (SSSR count). The van der Waals surface area contributed by atoms with Crippen molar-refractivity contribution in [3.8, 4) is 0 Å². The van der Waals surface area contributed by atoms with Gasteiger partial charge in [0.25, 0.3) is 0 Å². The first-order valence-corrected chi connectivity index (χ1v) is 6.90. The van der Waals surface area contributed by atoms with Crippen LogP contribution in [-0.4, -0.2) is 41.4 Å². The fraction of sp³-hybridized carbons (Fsp3) is 0.909. The van der Waals surface area contributed by atoms with Crippen molar-refractivity contribution in [1.29, 1.82) is 0 Å². The Labute approximate surface area is 99.3 Å². The first-order chi connectivity index (χ1) is 7.31. The van der Waals surface area contributed by atoms with Gasteiger partial charge >= 0.3 is 0 Å². The Morgan fingerprint density at radius 3 is 2.80 bits per heavy atom. The molecule has 1 unspecified atom stereocenters. The molecule has 0 aromatic heterocycles. The van der Waals surface area contributed by atoms with Crippen molar-refractivity contribution < 1.29 is 9.53 Å². The summed E-state index contributed by atoms with van der Waals surface area (Å²) < 4.78 is 5.50. The average Bonchev–Trinajstić information content (AvgIpc) is 2.74. The summed E-state index contributed by atoms with van der Waals surface area (Å²) in [6.07, 6.45) is 6.16. The minimum Gasteiger partial charge on any atom is -0.367 e. The van der Waals surface area contributed by atoms with Gasteiger partial charge in [0, 0.05) is 17.9 Å². The predicted octanol–water partition coefficient (Wildman–Crippen LogP) is 1.94. The molecule has 3 nitrogen and oxygen atoms in total. The van der Waals surface area contributed by atoms with E-state index in [9.17, 15) is 4.79 Å². The average molecular weight is 276 g/mol. The molecular formula is C11H18BrNO2. The van der Waals surface area contributed by atoms with Crippen molar-refractivity contribution in [1.82, 2.24) is 4.90 Å². The van der Waals surface area contributed by atoms with Crippen molar-refractivity contribution in [3.05, 3.63) is 0 Å². The minimum absolute atomic E-state index is 0.188. The summed E-state index contributed by atoms with van der Waals surface area (Å²) in [4.78, 5) is 13.8. The molecule has 1 saturated heterocycles. The second-order valence-corrected chi connectivity index (χ2v) is 5.19. The monoisotopic (exact) mass is 275 g/mol. The second kappa shape index (κ2) is 5.30. The normalized spacial score (nSPS) is 28.7. The molecule has 1 aliphatic carbocycles. The molecule has 1 heterocycles. The highest BCUT2D eigenvalue weighted by Crippen LogP contribution is 2.26. The maximum Gasteiger partial charge on any atom is 0.248 e. The van der Waals surface area contributed by atoms with Gasteiger partial charge in [0.2, 0.25) is 5.91 Å². The third-order valence-corrected chi connectivity index (χ3v) is 3.82. The highest BCUT2D eigenvalue weighted by atomic mass is 79.9. The standard InChI is InChI=1S/C11H18BrNO2/c12-6-5-10-7-13(11(14)8-15-10)9-3-1-2-4-9/h9-10H,1-8H2. The van der Waals surface area contributed by atoms with E-state index in [0.29, 0.717) is 6.04 Å². The van der Waals surface area contributed by atoms with Gasteiger partial charge in [-0.1, -0.05) is 28.8 Å². The molecule has 0 aromatic carbocycles. The van der Waals surface area contributed by atoms with Crippen LogP contribution in [0, 0.1) is 0 Å². The number of amides is 1. The van der Waals surface area contributed by atoms with Gasteiger partial charge in [-0.3, -0.25) is 4.79 Å². The number of ether oxygens (including phenoxy) is 1. The Balaban J connectivity index is 1.92. The van der Waals surface area contributed by atoms with Crippen molar-refractivity contribution in [3.63, 3.8) is 0 Å². The fourth-order valence-electron chi connectivity index (χ4n) is 2.51. The molecule has 2 aliphatic rings. The number of rotatable bonds is 3. The van der Waals surface area contributed by atoms with E-state index in [0.717, 1.165) is 18.3 Å². The number of hydrogen-bond donors (Lipinski definition) is 0. The van der Waals surface area contributed by atoms with Gasteiger partial charge < -0.3 is 9.64 Å². The summed E-state index contributed by atoms with van der Waals surface area (Å²) in [5.74, 6) is 0.188. The molecule has 0 bridgehead atoms. The summed E-state index contributed by atoms with van der Waals surface area (Å²) in [5.41, 5.74) is 0. The molecule has 2 fully saturated rings. The van der Waals surface area contributed by atoms with E-state index >= 15 is 0 Å². The topological polar surface area (TPSA) is 29.5 Å². The van der Waals surface area contributed by atoms with Crippen LogP contribution in [-0.2, 0) is 9.53 Å². The molecule has 0 spiro atoms. The number of halogens is 1. The highest BCUT2D eigenvalue weighted by Gasteiger charge is 2.32. The zero-order valence-corrected chi connectivity index (χ0v) is 10.5. The number of alkyl halides is 1. The van der Waals surface area contributed by atoms with E-state index in [-0.39, 0.29) is 18.6 Å². The molecule has 0 N–H and O–H groups in total. The van der Waals surface area contributed by atoms with E-state index < -0.39 is 0 Å². The zero-order chi connectivity index (χ0) is 10.7. The number of carbonyl (C=O) groups excluding carboxylic acids is 1. The molecule has 1 aliphatic heterocycles. The molecule has 4 heteroatoms. The van der Waals surface area contributed by atoms with Crippen molar-refractivity contribution >= 4 is 21.8 Å². The summed E-state index contributed by atoms with van der Waals surface area (Å²) in [6.45, 7) is 1.09. The second-order valence-electron chi connectivity index (χ2n) is 4.40. The van der Waals surface area contributed by atoms with Gasteiger partial charge in [-0.25, -0.2) is 0 Å². The van der Waals surface area contributed by atoms with Crippen LogP contribution in [0.5, 0.6) is 0 Å². The lowest BCUT2D eigenvalue weighted by atomic mass is 10.1. The van der Waals surface area contributed by atoms with Gasteiger partial charge in [-0.05, 0) is 19.3 Å². The quantitative estimate of drug-likeness (QED) is 0.737. The van der Waals surface area contributed by atoms with Crippen LogP contribution in [0.1, 0.15) is 32.1 Å². The lowest BCUT2D eigenvalue weighted by Gasteiger charge is -2.36. The van der Waals surface area contributed by atoms with Gasteiger partial charge in [0.15, 0.2) is 0 Å². The molecule has 0 aromatic rings. The number of morpholine rings is 1. The number of nitrogens with zero attached hydrogens (tertiary/aromatic N) is 1. The van der Waals surface area contributed by atoms with Gasteiger partial charge in [0.05, 0.1) is 6.10 Å². The van der Waals surface area contributed by atoms with Crippen molar-refractivity contribution in [2.75, 3.05) is 18.5 Å². The van der Waals surface area contributed by atoms with Crippen LogP contribution in [0.3, 0.4) is 0 Å². The summed E-state index contributed by atoms with van der Waals surface area (Å²) in [5, 5.41) is 0.949. The van der Waals surface area contributed by atoms with Crippen LogP contribution >= 0.6 is 15.9 Å². The Morgan fingerprint density at radius 1 is 1.40 bits per heavy atom. The molecule has 1 amide bonds. The zero-order valence-electron chi connectivity index (χ0n) is 8.95. The van der Waals surface area contributed by atoms with E-state index in [4.69, 9.17) is 4.74 Å². The van der Waals surface area contributed by atoms with Gasteiger partial charge in [0.1, 0.15) is 6.61 Å². The summed E-state index contributed by atoms with van der Waals surface area (Å²) in [6, 6.07) is 0.499. The Kier molecular flexibility index (Phi) is 4.03. The smallest absolute Gasteiger partial charge is 0.248 e. The van der Waals surface area contributed by atoms with E-state index in [2.05, 4.69) is 20.8 Å². The van der Waals surface area contributed by atoms with Crippen LogP contribution in [0.25, 0.3) is 0 Å². The molecule has 15 heavy (non-hydrogen) atoms. The van der Waals surface area contributed by atoms with E-state index in [1.807, 2.05) is 0 Å². The van der Waals surface area contributed by atoms with Crippen LogP contribution < -0.4 is 0 Å². The fourth-order valence-corrected chi connectivity index (χ4v) is 3.02. The van der Waals surface area contributed by atoms with E-state index in [1.165, 1.54) is 25.7 Å². The Morgan fingerprint density at radius 2 is 2.13 bits per heavy atom. The van der Waals surface area contributed by atoms with E-state index in [1.54, 1.807) is 0 Å². The van der Waals surface area contributed by atoms with Crippen molar-refractivity contribution in [2.24, 2.45) is 0 Å². The highest BCUT2D eigenvalue weighted by molar-refractivity contribution is 9.09. The Bertz CT molecular complexity index is 229. The van der Waals surface area contributed by atoms with Crippen molar-refractivity contribution in [2.45, 2.75) is 44.2 Å². The summed E-state index contributed by atoms with van der Waals surface area (Å²) in [7, 11) is 0. The van der Waals surface area contributed by atoms with Gasteiger partial charge in [-0.15, -0.1) is 0 Å². The number of carbonyl (C=O) groups is 1. The first-order valence-electron chi connectivity index (χ1n) is 5.78. The summed E-state index contributed by atoms with van der Waals surface area (Å²) >= 11 is 3.42. The maximum absolute atomic E-state index is 11.7. The molecule has 86 valence electrons. The molecule has 0 radical (unpaired) electrons. The lowest BCUT2D eigenvalue weighted by Crippen LogP contribution is -2.50. The first kappa shape index (κ1) is 11.4. The van der Waals surface area contributed by atoms with Crippen LogP contribution in [0.15, 0.2) is 0 Å². The SMILES string of the molecule is O=C1COC(CCBr)CN1C1CCCC1. The lowest BCUT2D eigenvalue weighted by molar-refractivity contribution is -0.152. The molecule has 1 saturated carbocycles. The maximum atomic E-state index is 11.7. The van der Waals surface area contributed by atoms with Crippen LogP contribution in [0.4, 0.5) is 0 Å². The third kappa shape index (κ3) is 2.72. The number of hydrogen-bond acceptors (Lipinski definition) is 2. The molecular weight excluding hydrogens is 258 g/mol.